The molecule has 0 amide bonds. The molecule has 0 unspecified atom stereocenters. The average molecular weight is 139 g/mol. The van der Waals surface area contributed by atoms with Gasteiger partial charge in [0.25, 0.3) is 0 Å². The molecule has 0 atom stereocenters. The van der Waals surface area contributed by atoms with Crippen LogP contribution in [0.25, 0.3) is 0 Å². The van der Waals surface area contributed by atoms with Gasteiger partial charge in [-0.25, -0.2) is 0 Å². The minimum Gasteiger partial charge on any atom is -0.320 e. The van der Waals surface area contributed by atoms with E-state index < -0.39 is 0 Å². The van der Waals surface area contributed by atoms with Crippen molar-refractivity contribution < 1.29 is 0 Å². The fraction of sp³-hybridized carbons (Fsp3) is 0.778. The van der Waals surface area contributed by atoms with E-state index in [1.807, 2.05) is 7.05 Å². The molecule has 0 saturated heterocycles. The summed E-state index contributed by atoms with van der Waals surface area (Å²) in [4.78, 5) is 0. The highest BCUT2D eigenvalue weighted by Gasteiger charge is 2.08. The van der Waals surface area contributed by atoms with Crippen molar-refractivity contribution in [3.63, 3.8) is 0 Å². The number of nitrogens with one attached hydrogen (secondary N) is 1. The summed E-state index contributed by atoms with van der Waals surface area (Å²) >= 11 is 0. The van der Waals surface area contributed by atoms with Crippen LogP contribution in [0.1, 0.15) is 25.7 Å². The fourth-order valence-electron chi connectivity index (χ4n) is 1.48. The summed E-state index contributed by atoms with van der Waals surface area (Å²) in [5.41, 5.74) is 0. The maximum Gasteiger partial charge on any atom is -0.00518 e. The molecule has 1 nitrogen and oxygen atoms in total. The lowest BCUT2D eigenvalue weighted by atomic mass is 10.0. The van der Waals surface area contributed by atoms with Crippen LogP contribution in [-0.2, 0) is 0 Å². The van der Waals surface area contributed by atoms with Crippen molar-refractivity contribution in [2.45, 2.75) is 25.7 Å². The molecule has 0 fully saturated rings. The molecule has 1 heteroatoms. The van der Waals surface area contributed by atoms with Gasteiger partial charge in [-0.3, -0.25) is 0 Å². The minimum absolute atomic E-state index is 0.966. The molecule has 1 aliphatic rings. The Morgan fingerprint density at radius 3 is 2.70 bits per heavy atom. The summed E-state index contributed by atoms with van der Waals surface area (Å²) < 4.78 is 0. The van der Waals surface area contributed by atoms with Gasteiger partial charge in [0.05, 0.1) is 0 Å². The molecule has 10 heavy (non-hydrogen) atoms. The molecule has 0 radical (unpaired) electrons. The number of hydrogen-bond acceptors (Lipinski definition) is 1. The van der Waals surface area contributed by atoms with Crippen molar-refractivity contribution in [2.75, 3.05) is 13.6 Å². The number of allylic oxidation sites excluding steroid dienone is 2. The third-order valence-electron chi connectivity index (χ3n) is 2.14. The summed E-state index contributed by atoms with van der Waals surface area (Å²) in [6.45, 7) is 1.18. The summed E-state index contributed by atoms with van der Waals surface area (Å²) in [5, 5.41) is 3.17. The molecule has 1 N–H and O–H groups in total. The van der Waals surface area contributed by atoms with E-state index in [4.69, 9.17) is 0 Å². The smallest absolute Gasteiger partial charge is 0.00518 e. The highest BCUT2D eigenvalue weighted by Crippen LogP contribution is 2.21. The van der Waals surface area contributed by atoms with Gasteiger partial charge in [-0.2, -0.15) is 0 Å². The van der Waals surface area contributed by atoms with E-state index in [0.717, 1.165) is 5.92 Å². The van der Waals surface area contributed by atoms with Crippen molar-refractivity contribution in [2.24, 2.45) is 5.92 Å². The van der Waals surface area contributed by atoms with Crippen molar-refractivity contribution >= 4 is 0 Å². The van der Waals surface area contributed by atoms with Gasteiger partial charge in [0.1, 0.15) is 0 Å². The zero-order chi connectivity index (χ0) is 7.23. The SMILES string of the molecule is CNCCCC1CC=CC1. The predicted molar refractivity (Wildman–Crippen MR) is 45.0 cm³/mol. The predicted octanol–water partition coefficient (Wildman–Crippen LogP) is 1.95. The lowest BCUT2D eigenvalue weighted by Crippen LogP contribution is -2.08. The van der Waals surface area contributed by atoms with Crippen molar-refractivity contribution in [3.05, 3.63) is 12.2 Å². The Morgan fingerprint density at radius 1 is 1.40 bits per heavy atom. The maximum absolute atomic E-state index is 3.17. The van der Waals surface area contributed by atoms with Crippen LogP contribution in [-0.4, -0.2) is 13.6 Å². The standard InChI is InChI=1S/C9H17N/c1-10-8-4-7-9-5-2-3-6-9/h2-3,9-10H,4-8H2,1H3. The van der Waals surface area contributed by atoms with Gasteiger partial charge in [-0.05, 0) is 45.2 Å². The Kier molecular flexibility index (Phi) is 3.52. The molecule has 0 aromatic heterocycles. The fourth-order valence-corrected chi connectivity index (χ4v) is 1.48. The first-order valence-corrected chi connectivity index (χ1v) is 4.23. The zero-order valence-electron chi connectivity index (χ0n) is 6.77. The topological polar surface area (TPSA) is 12.0 Å². The molecule has 0 bridgehead atoms. The molecular formula is C9H17N. The van der Waals surface area contributed by atoms with Crippen LogP contribution in [0.3, 0.4) is 0 Å². The highest BCUT2D eigenvalue weighted by atomic mass is 14.8. The summed E-state index contributed by atoms with van der Waals surface area (Å²) in [5.74, 6) is 0.966. The Labute approximate surface area is 63.5 Å². The highest BCUT2D eigenvalue weighted by molar-refractivity contribution is 4.93. The molecule has 0 aliphatic heterocycles. The van der Waals surface area contributed by atoms with Gasteiger partial charge in [0.2, 0.25) is 0 Å². The Hall–Kier alpha value is -0.300. The van der Waals surface area contributed by atoms with E-state index in [1.54, 1.807) is 0 Å². The zero-order valence-corrected chi connectivity index (χ0v) is 6.77. The van der Waals surface area contributed by atoms with E-state index in [9.17, 15) is 0 Å². The molecule has 0 heterocycles. The quantitative estimate of drug-likeness (QED) is 0.463. The second-order valence-corrected chi connectivity index (χ2v) is 3.05. The Morgan fingerprint density at radius 2 is 2.10 bits per heavy atom. The molecule has 0 aromatic carbocycles. The number of hydrogen-bond donors (Lipinski definition) is 1. The minimum atomic E-state index is 0.966. The maximum atomic E-state index is 3.17. The first-order valence-electron chi connectivity index (χ1n) is 4.23. The summed E-state index contributed by atoms with van der Waals surface area (Å²) in [6, 6.07) is 0. The summed E-state index contributed by atoms with van der Waals surface area (Å²) in [6.07, 6.45) is 10.00. The molecule has 58 valence electrons. The van der Waals surface area contributed by atoms with E-state index in [-0.39, 0.29) is 0 Å². The number of rotatable bonds is 4. The third kappa shape index (κ3) is 2.53. The van der Waals surface area contributed by atoms with Crippen LogP contribution in [0.15, 0.2) is 12.2 Å². The van der Waals surface area contributed by atoms with Crippen LogP contribution in [0.2, 0.25) is 0 Å². The van der Waals surface area contributed by atoms with Crippen molar-refractivity contribution in [3.8, 4) is 0 Å². The van der Waals surface area contributed by atoms with E-state index >= 15 is 0 Å². The molecule has 1 rings (SSSR count). The summed E-state index contributed by atoms with van der Waals surface area (Å²) in [7, 11) is 2.02. The third-order valence-corrected chi connectivity index (χ3v) is 2.14. The van der Waals surface area contributed by atoms with Crippen LogP contribution in [0.4, 0.5) is 0 Å². The molecular weight excluding hydrogens is 122 g/mol. The largest absolute Gasteiger partial charge is 0.320 e. The van der Waals surface area contributed by atoms with Gasteiger partial charge in [-0.15, -0.1) is 0 Å². The van der Waals surface area contributed by atoms with Crippen molar-refractivity contribution in [1.82, 2.24) is 5.32 Å². The second kappa shape index (κ2) is 4.51. The average Bonchev–Trinajstić information content (AvgIpc) is 2.41. The van der Waals surface area contributed by atoms with E-state index in [2.05, 4.69) is 17.5 Å². The van der Waals surface area contributed by atoms with Crippen molar-refractivity contribution in [1.29, 1.82) is 0 Å². The Bertz CT molecular complexity index is 99.3. The van der Waals surface area contributed by atoms with Gasteiger partial charge in [-0.1, -0.05) is 12.2 Å². The molecule has 0 saturated carbocycles. The van der Waals surface area contributed by atoms with Gasteiger partial charge in [0.15, 0.2) is 0 Å². The van der Waals surface area contributed by atoms with E-state index in [0.29, 0.717) is 0 Å². The van der Waals surface area contributed by atoms with E-state index in [1.165, 1.54) is 32.2 Å². The molecule has 0 aromatic rings. The normalized spacial score (nSPS) is 18.5. The first-order chi connectivity index (χ1) is 4.93. The molecule has 0 spiro atoms. The van der Waals surface area contributed by atoms with Gasteiger partial charge < -0.3 is 5.32 Å². The second-order valence-electron chi connectivity index (χ2n) is 3.05. The van der Waals surface area contributed by atoms with Crippen LogP contribution < -0.4 is 5.32 Å². The monoisotopic (exact) mass is 139 g/mol. The first kappa shape index (κ1) is 7.80. The Balaban J connectivity index is 1.93. The van der Waals surface area contributed by atoms with Crippen LogP contribution in [0.5, 0.6) is 0 Å². The lowest BCUT2D eigenvalue weighted by Gasteiger charge is -2.06. The van der Waals surface area contributed by atoms with Crippen LogP contribution in [0, 0.1) is 5.92 Å². The van der Waals surface area contributed by atoms with Crippen LogP contribution >= 0.6 is 0 Å². The molecule has 1 aliphatic carbocycles. The lowest BCUT2D eigenvalue weighted by molar-refractivity contribution is 0.492. The van der Waals surface area contributed by atoms with Gasteiger partial charge >= 0.3 is 0 Å². The van der Waals surface area contributed by atoms with Gasteiger partial charge in [0, 0.05) is 0 Å².